The lowest BCUT2D eigenvalue weighted by Gasteiger charge is -2.09. The largest absolute Gasteiger partial charge is 0.497 e. The molecule has 0 aliphatic heterocycles. The summed E-state index contributed by atoms with van der Waals surface area (Å²) in [5, 5.41) is 0.00985. The van der Waals surface area contributed by atoms with Crippen LogP contribution in [0.1, 0.15) is 16.8 Å². The summed E-state index contributed by atoms with van der Waals surface area (Å²) < 4.78 is 42.5. The van der Waals surface area contributed by atoms with Gasteiger partial charge in [-0.2, -0.15) is 13.2 Å². The highest BCUT2D eigenvalue weighted by molar-refractivity contribution is 6.31. The Kier molecular flexibility index (Phi) is 4.18. The van der Waals surface area contributed by atoms with Gasteiger partial charge in [0.2, 0.25) is 0 Å². The van der Waals surface area contributed by atoms with Gasteiger partial charge in [-0.1, -0.05) is 23.7 Å². The summed E-state index contributed by atoms with van der Waals surface area (Å²) >= 11 is 5.86. The van der Waals surface area contributed by atoms with Crippen molar-refractivity contribution in [1.29, 1.82) is 0 Å². The summed E-state index contributed by atoms with van der Waals surface area (Å²) in [5.41, 5.74) is 0.450. The molecule has 2 rings (SSSR count). The molecule has 2 nitrogen and oxygen atoms in total. The number of pyridine rings is 1. The predicted octanol–water partition coefficient (Wildman–Crippen LogP) is 4.35. The minimum absolute atomic E-state index is 0.00985. The zero-order valence-corrected chi connectivity index (χ0v) is 11.3. The van der Waals surface area contributed by atoms with E-state index < -0.39 is 11.7 Å². The Morgan fingerprint density at radius 1 is 1.20 bits per heavy atom. The van der Waals surface area contributed by atoms with Crippen molar-refractivity contribution in [1.82, 2.24) is 4.98 Å². The molecule has 0 spiro atoms. The molecule has 0 unspecified atom stereocenters. The molecule has 1 heterocycles. The number of rotatable bonds is 3. The van der Waals surface area contributed by atoms with Gasteiger partial charge in [0.15, 0.2) is 0 Å². The van der Waals surface area contributed by atoms with E-state index in [-0.39, 0.29) is 5.02 Å². The molecule has 0 aliphatic rings. The molecule has 0 fully saturated rings. The van der Waals surface area contributed by atoms with Crippen LogP contribution < -0.4 is 4.74 Å². The van der Waals surface area contributed by atoms with Crippen LogP contribution in [-0.4, -0.2) is 12.1 Å². The Balaban J connectivity index is 2.21. The first-order chi connectivity index (χ1) is 9.40. The maximum Gasteiger partial charge on any atom is 0.417 e. The topological polar surface area (TPSA) is 22.1 Å². The number of alkyl halides is 3. The highest BCUT2D eigenvalue weighted by atomic mass is 35.5. The molecular formula is C14H11ClF3NO. The van der Waals surface area contributed by atoms with Crippen molar-refractivity contribution >= 4 is 11.6 Å². The molecule has 6 heteroatoms. The highest BCUT2D eigenvalue weighted by Gasteiger charge is 2.31. The van der Waals surface area contributed by atoms with Crippen LogP contribution in [0.5, 0.6) is 5.75 Å². The smallest absolute Gasteiger partial charge is 0.417 e. The number of benzene rings is 1. The minimum Gasteiger partial charge on any atom is -0.497 e. The molecule has 1 aromatic heterocycles. The van der Waals surface area contributed by atoms with Crippen LogP contribution in [0.4, 0.5) is 13.2 Å². The maximum absolute atomic E-state index is 12.5. The van der Waals surface area contributed by atoms with Gasteiger partial charge in [0.25, 0.3) is 0 Å². The zero-order valence-electron chi connectivity index (χ0n) is 10.5. The van der Waals surface area contributed by atoms with E-state index in [0.29, 0.717) is 17.9 Å². The van der Waals surface area contributed by atoms with E-state index in [2.05, 4.69) is 4.98 Å². The molecule has 0 saturated carbocycles. The molecule has 0 radical (unpaired) electrons. The fourth-order valence-electron chi connectivity index (χ4n) is 1.69. The van der Waals surface area contributed by atoms with Gasteiger partial charge in [-0.3, -0.25) is 4.98 Å². The number of aromatic nitrogens is 1. The summed E-state index contributed by atoms with van der Waals surface area (Å²) in [7, 11) is 1.56. The van der Waals surface area contributed by atoms with Gasteiger partial charge in [0.05, 0.1) is 23.4 Å². The van der Waals surface area contributed by atoms with E-state index in [1.165, 1.54) is 0 Å². The van der Waals surface area contributed by atoms with Crippen molar-refractivity contribution in [2.45, 2.75) is 12.6 Å². The summed E-state index contributed by atoms with van der Waals surface area (Å²) in [5.74, 6) is 0.709. The van der Waals surface area contributed by atoms with E-state index in [1.807, 2.05) is 12.1 Å². The van der Waals surface area contributed by atoms with Gasteiger partial charge in [-0.25, -0.2) is 0 Å². The van der Waals surface area contributed by atoms with Crippen LogP contribution in [0.3, 0.4) is 0 Å². The van der Waals surface area contributed by atoms with Gasteiger partial charge in [0.1, 0.15) is 5.75 Å². The Morgan fingerprint density at radius 3 is 2.35 bits per heavy atom. The standard InChI is InChI=1S/C14H11ClF3NO/c1-20-11-4-2-9(3-5-11)6-13-12(15)7-10(8-19-13)14(16,17)18/h2-5,7-8H,6H2,1H3. The van der Waals surface area contributed by atoms with Crippen LogP contribution >= 0.6 is 11.6 Å². The van der Waals surface area contributed by atoms with Crippen molar-refractivity contribution in [3.63, 3.8) is 0 Å². The Labute approximate surface area is 119 Å². The number of ether oxygens (including phenoxy) is 1. The first-order valence-electron chi connectivity index (χ1n) is 5.74. The molecule has 106 valence electrons. The molecule has 0 N–H and O–H groups in total. The average molecular weight is 302 g/mol. The third kappa shape index (κ3) is 3.42. The summed E-state index contributed by atoms with van der Waals surface area (Å²) in [6, 6.07) is 8.07. The molecule has 1 aromatic carbocycles. The van der Waals surface area contributed by atoms with Crippen molar-refractivity contribution in [3.8, 4) is 5.75 Å². The lowest BCUT2D eigenvalue weighted by atomic mass is 10.1. The van der Waals surface area contributed by atoms with Crippen LogP contribution in [-0.2, 0) is 12.6 Å². The van der Waals surface area contributed by atoms with Crippen LogP contribution in [0.25, 0.3) is 0 Å². The van der Waals surface area contributed by atoms with Gasteiger partial charge in [-0.05, 0) is 23.8 Å². The first kappa shape index (κ1) is 14.7. The average Bonchev–Trinajstić information content (AvgIpc) is 2.41. The Bertz CT molecular complexity index is 596. The number of hydrogen-bond acceptors (Lipinski definition) is 2. The minimum atomic E-state index is -4.44. The summed E-state index contributed by atoms with van der Waals surface area (Å²) in [6.45, 7) is 0. The number of halogens is 4. The van der Waals surface area contributed by atoms with Gasteiger partial charge < -0.3 is 4.74 Å². The summed E-state index contributed by atoms with van der Waals surface area (Å²) in [6.07, 6.45) is -3.28. The van der Waals surface area contributed by atoms with Crippen molar-refractivity contribution in [2.75, 3.05) is 7.11 Å². The van der Waals surface area contributed by atoms with E-state index in [0.717, 1.165) is 17.8 Å². The highest BCUT2D eigenvalue weighted by Crippen LogP contribution is 2.31. The quantitative estimate of drug-likeness (QED) is 0.840. The fraction of sp³-hybridized carbons (Fsp3) is 0.214. The fourth-order valence-corrected chi connectivity index (χ4v) is 1.92. The van der Waals surface area contributed by atoms with E-state index >= 15 is 0 Å². The second-order valence-corrected chi connectivity index (χ2v) is 4.58. The SMILES string of the molecule is COc1ccc(Cc2ncc(C(F)(F)F)cc2Cl)cc1. The molecule has 0 atom stereocenters. The lowest BCUT2D eigenvalue weighted by molar-refractivity contribution is -0.137. The molecule has 0 amide bonds. The van der Waals surface area contributed by atoms with Crippen molar-refractivity contribution in [2.24, 2.45) is 0 Å². The van der Waals surface area contributed by atoms with Crippen molar-refractivity contribution < 1.29 is 17.9 Å². The Hall–Kier alpha value is -1.75. The molecule has 0 bridgehead atoms. The molecule has 20 heavy (non-hydrogen) atoms. The van der Waals surface area contributed by atoms with Gasteiger partial charge >= 0.3 is 6.18 Å². The lowest BCUT2D eigenvalue weighted by Crippen LogP contribution is -2.06. The monoisotopic (exact) mass is 301 g/mol. The molecule has 2 aromatic rings. The van der Waals surface area contributed by atoms with Gasteiger partial charge in [-0.15, -0.1) is 0 Å². The van der Waals surface area contributed by atoms with Crippen molar-refractivity contribution in [3.05, 3.63) is 58.4 Å². The van der Waals surface area contributed by atoms with Gasteiger partial charge in [0, 0.05) is 12.6 Å². The molecule has 0 saturated heterocycles. The third-order valence-electron chi connectivity index (χ3n) is 2.78. The van der Waals surface area contributed by atoms with Crippen LogP contribution in [0, 0.1) is 0 Å². The third-order valence-corrected chi connectivity index (χ3v) is 3.10. The molecule has 0 aliphatic carbocycles. The predicted molar refractivity (Wildman–Crippen MR) is 70.0 cm³/mol. The first-order valence-corrected chi connectivity index (χ1v) is 6.12. The second-order valence-electron chi connectivity index (χ2n) is 4.18. The van der Waals surface area contributed by atoms with Crippen LogP contribution in [0.2, 0.25) is 5.02 Å². The zero-order chi connectivity index (χ0) is 14.8. The number of hydrogen-bond donors (Lipinski definition) is 0. The van der Waals surface area contributed by atoms with E-state index in [4.69, 9.17) is 16.3 Å². The summed E-state index contributed by atoms with van der Waals surface area (Å²) in [4.78, 5) is 3.80. The van der Waals surface area contributed by atoms with Crippen LogP contribution in [0.15, 0.2) is 36.5 Å². The Morgan fingerprint density at radius 2 is 1.85 bits per heavy atom. The number of methoxy groups -OCH3 is 1. The maximum atomic E-state index is 12.5. The molecular weight excluding hydrogens is 291 g/mol. The van der Waals surface area contributed by atoms with E-state index in [9.17, 15) is 13.2 Å². The number of nitrogens with zero attached hydrogens (tertiary/aromatic N) is 1. The second kappa shape index (κ2) is 5.71. The van der Waals surface area contributed by atoms with E-state index in [1.54, 1.807) is 19.2 Å². The normalized spacial score (nSPS) is 11.4.